The molecule has 0 heterocycles. The molecule has 2 rings (SSSR count). The lowest BCUT2D eigenvalue weighted by Gasteiger charge is -2.11. The number of hydrogen-bond donors (Lipinski definition) is 1. The topological polar surface area (TPSA) is 75.7 Å². The van der Waals surface area contributed by atoms with Crippen molar-refractivity contribution in [3.8, 4) is 5.75 Å². The van der Waals surface area contributed by atoms with Gasteiger partial charge in [-0.3, -0.25) is 4.79 Å². The molecule has 1 N–H and O–H groups in total. The fraction of sp³-hybridized carbons (Fsp3) is 0.316. The Balaban J connectivity index is 1.90. The number of nitrogens with one attached hydrogen (secondary N) is 1. The third-order valence-electron chi connectivity index (χ3n) is 3.86. The molecule has 0 saturated heterocycles. The van der Waals surface area contributed by atoms with Crippen LogP contribution >= 0.6 is 0 Å². The number of alkyl halides is 2. The van der Waals surface area contributed by atoms with Crippen LogP contribution in [0.1, 0.15) is 15.9 Å². The fourth-order valence-corrected chi connectivity index (χ4v) is 2.95. The van der Waals surface area contributed by atoms with Gasteiger partial charge in [-0.25, -0.2) is 8.42 Å². The van der Waals surface area contributed by atoms with E-state index in [1.807, 2.05) is 31.1 Å². The molecule has 9 heteroatoms. The second kappa shape index (κ2) is 9.61. The Morgan fingerprint density at radius 2 is 1.68 bits per heavy atom. The van der Waals surface area contributed by atoms with Crippen LogP contribution in [0, 0.1) is 0 Å². The third-order valence-corrected chi connectivity index (χ3v) is 5.26. The molecule has 0 bridgehead atoms. The molecule has 0 aliphatic heterocycles. The highest BCUT2D eigenvalue weighted by Crippen LogP contribution is 2.18. The van der Waals surface area contributed by atoms with Gasteiger partial charge in [0, 0.05) is 18.7 Å². The zero-order chi connectivity index (χ0) is 20.7. The van der Waals surface area contributed by atoms with Crippen LogP contribution in [0.25, 0.3) is 0 Å². The number of nitrogens with zero attached hydrogens (tertiary/aromatic N) is 1. The third kappa shape index (κ3) is 6.00. The number of amides is 1. The predicted molar refractivity (Wildman–Crippen MR) is 101 cm³/mol. The normalized spacial score (nSPS) is 11.6. The summed E-state index contributed by atoms with van der Waals surface area (Å²) in [5.74, 6) is -3.21. The maximum Gasteiger partial charge on any atom is 0.341 e. The van der Waals surface area contributed by atoms with Gasteiger partial charge in [-0.2, -0.15) is 8.78 Å². The van der Waals surface area contributed by atoms with Gasteiger partial charge >= 0.3 is 5.76 Å². The molecule has 2 aromatic rings. The smallest absolute Gasteiger partial charge is 0.341 e. The maximum atomic E-state index is 12.5. The maximum absolute atomic E-state index is 12.5. The van der Waals surface area contributed by atoms with Crippen molar-refractivity contribution in [3.63, 3.8) is 0 Å². The van der Waals surface area contributed by atoms with Crippen molar-refractivity contribution in [2.24, 2.45) is 0 Å². The minimum Gasteiger partial charge on any atom is -0.492 e. The Kier molecular flexibility index (Phi) is 7.47. The lowest BCUT2D eigenvalue weighted by Crippen LogP contribution is -2.23. The van der Waals surface area contributed by atoms with Gasteiger partial charge in [0.2, 0.25) is 9.84 Å². The summed E-state index contributed by atoms with van der Waals surface area (Å²) >= 11 is 0. The molecule has 6 nitrogen and oxygen atoms in total. The average molecular weight is 412 g/mol. The van der Waals surface area contributed by atoms with Gasteiger partial charge in [-0.15, -0.1) is 0 Å². The number of carbonyl (C=O) groups is 1. The molecular formula is C19H22F2N2O4S. The summed E-state index contributed by atoms with van der Waals surface area (Å²) in [6.45, 7) is 1.63. The van der Waals surface area contributed by atoms with Gasteiger partial charge in [0.1, 0.15) is 12.4 Å². The summed E-state index contributed by atoms with van der Waals surface area (Å²) < 4.78 is 53.4. The average Bonchev–Trinajstić information content (AvgIpc) is 2.66. The molecule has 28 heavy (non-hydrogen) atoms. The summed E-state index contributed by atoms with van der Waals surface area (Å²) in [5.41, 5.74) is 1.03. The van der Waals surface area contributed by atoms with Crippen LogP contribution in [-0.4, -0.2) is 52.2 Å². The molecule has 0 aliphatic carbocycles. The number of benzene rings is 2. The van der Waals surface area contributed by atoms with E-state index >= 15 is 0 Å². The number of sulfone groups is 1. The SMILES string of the molecule is CN(C)CCOc1ccc(CNC(=O)c2ccc(S(=O)(=O)C(F)F)cc2)cc1. The van der Waals surface area contributed by atoms with Crippen molar-refractivity contribution in [1.29, 1.82) is 0 Å². The minimum atomic E-state index is -4.67. The zero-order valence-electron chi connectivity index (χ0n) is 15.6. The lowest BCUT2D eigenvalue weighted by atomic mass is 10.2. The van der Waals surface area contributed by atoms with E-state index < -0.39 is 26.4 Å². The molecule has 2 aromatic carbocycles. The Bertz CT molecular complexity index is 883. The van der Waals surface area contributed by atoms with E-state index in [0.29, 0.717) is 6.61 Å². The molecule has 1 amide bonds. The fourth-order valence-electron chi connectivity index (χ4n) is 2.23. The lowest BCUT2D eigenvalue weighted by molar-refractivity contribution is 0.0951. The van der Waals surface area contributed by atoms with E-state index in [1.54, 1.807) is 12.1 Å². The zero-order valence-corrected chi connectivity index (χ0v) is 16.4. The highest BCUT2D eigenvalue weighted by Gasteiger charge is 2.26. The molecule has 152 valence electrons. The Morgan fingerprint density at radius 3 is 2.21 bits per heavy atom. The monoisotopic (exact) mass is 412 g/mol. The molecule has 0 unspecified atom stereocenters. The van der Waals surface area contributed by atoms with Crippen LogP contribution in [-0.2, 0) is 16.4 Å². The van der Waals surface area contributed by atoms with Gasteiger partial charge in [-0.05, 0) is 56.1 Å². The van der Waals surface area contributed by atoms with E-state index in [0.717, 1.165) is 30.0 Å². The molecule has 0 aromatic heterocycles. The Morgan fingerprint density at radius 1 is 1.07 bits per heavy atom. The Hall–Kier alpha value is -2.52. The van der Waals surface area contributed by atoms with Gasteiger partial charge in [0.25, 0.3) is 5.91 Å². The van der Waals surface area contributed by atoms with Crippen molar-refractivity contribution >= 4 is 15.7 Å². The van der Waals surface area contributed by atoms with Gasteiger partial charge in [0.15, 0.2) is 0 Å². The molecule has 0 fully saturated rings. The Labute approximate surface area is 163 Å². The molecule has 0 aliphatic rings. The number of carbonyl (C=O) groups excluding carboxylic acids is 1. The van der Waals surface area contributed by atoms with E-state index in [-0.39, 0.29) is 12.1 Å². The van der Waals surface area contributed by atoms with Gasteiger partial charge in [-0.1, -0.05) is 12.1 Å². The van der Waals surface area contributed by atoms with E-state index in [1.165, 1.54) is 12.1 Å². The van der Waals surface area contributed by atoms with Crippen molar-refractivity contribution in [2.45, 2.75) is 17.2 Å². The summed E-state index contributed by atoms with van der Waals surface area (Å²) in [5, 5.41) is 2.69. The number of halogens is 2. The standard InChI is InChI=1S/C19H22F2N2O4S/c1-23(2)11-12-27-16-7-3-14(4-8-16)13-22-18(24)15-5-9-17(10-6-15)28(25,26)19(20)21/h3-10,19H,11-13H2,1-2H3,(H,22,24). The first-order valence-corrected chi connectivity index (χ1v) is 10.0. The van der Waals surface area contributed by atoms with E-state index in [2.05, 4.69) is 5.32 Å². The highest BCUT2D eigenvalue weighted by atomic mass is 32.2. The first-order chi connectivity index (χ1) is 13.2. The van der Waals surface area contributed by atoms with Crippen LogP contribution in [0.2, 0.25) is 0 Å². The quantitative estimate of drug-likeness (QED) is 0.685. The van der Waals surface area contributed by atoms with Crippen LogP contribution in [0.4, 0.5) is 8.78 Å². The van der Waals surface area contributed by atoms with Crippen LogP contribution in [0.5, 0.6) is 5.75 Å². The molecular weight excluding hydrogens is 390 g/mol. The molecule has 0 spiro atoms. The van der Waals surface area contributed by atoms with Crippen LogP contribution in [0.15, 0.2) is 53.4 Å². The van der Waals surface area contributed by atoms with Crippen molar-refractivity contribution < 1.29 is 26.7 Å². The number of ether oxygens (including phenoxy) is 1. The van der Waals surface area contributed by atoms with E-state index in [9.17, 15) is 22.0 Å². The second-order valence-electron chi connectivity index (χ2n) is 6.31. The van der Waals surface area contributed by atoms with Crippen molar-refractivity contribution in [1.82, 2.24) is 10.2 Å². The first-order valence-electron chi connectivity index (χ1n) is 8.47. The second-order valence-corrected chi connectivity index (χ2v) is 8.23. The molecule has 0 saturated carbocycles. The summed E-state index contributed by atoms with van der Waals surface area (Å²) in [6, 6.07) is 11.7. The van der Waals surface area contributed by atoms with Crippen molar-refractivity contribution in [2.75, 3.05) is 27.2 Å². The predicted octanol–water partition coefficient (Wildman–Crippen LogP) is 2.55. The van der Waals surface area contributed by atoms with Gasteiger partial charge in [0.05, 0.1) is 4.90 Å². The number of likely N-dealkylation sites (N-methyl/N-ethyl adjacent to an activating group) is 1. The minimum absolute atomic E-state index is 0.178. The van der Waals surface area contributed by atoms with Crippen LogP contribution < -0.4 is 10.1 Å². The van der Waals surface area contributed by atoms with Crippen molar-refractivity contribution in [3.05, 3.63) is 59.7 Å². The number of hydrogen-bond acceptors (Lipinski definition) is 5. The van der Waals surface area contributed by atoms with E-state index in [4.69, 9.17) is 4.74 Å². The highest BCUT2D eigenvalue weighted by molar-refractivity contribution is 7.91. The van der Waals surface area contributed by atoms with Crippen LogP contribution in [0.3, 0.4) is 0 Å². The number of rotatable bonds is 9. The summed E-state index contributed by atoms with van der Waals surface area (Å²) in [6.07, 6.45) is 0. The molecule has 0 atom stereocenters. The summed E-state index contributed by atoms with van der Waals surface area (Å²) in [7, 11) is -0.752. The molecule has 0 radical (unpaired) electrons. The largest absolute Gasteiger partial charge is 0.492 e. The first kappa shape index (κ1) is 21.8. The summed E-state index contributed by atoms with van der Waals surface area (Å²) in [4.78, 5) is 13.6. The van der Waals surface area contributed by atoms with Gasteiger partial charge < -0.3 is 15.0 Å².